The van der Waals surface area contributed by atoms with Crippen molar-refractivity contribution < 1.29 is 4.92 Å². The lowest BCUT2D eigenvalue weighted by molar-refractivity contribution is -0.384. The van der Waals surface area contributed by atoms with Crippen molar-refractivity contribution in [1.29, 1.82) is 0 Å². The molecule has 0 saturated carbocycles. The van der Waals surface area contributed by atoms with E-state index in [9.17, 15) is 10.1 Å². The van der Waals surface area contributed by atoms with Crippen LogP contribution in [0.3, 0.4) is 0 Å². The van der Waals surface area contributed by atoms with Crippen molar-refractivity contribution in [3.8, 4) is 0 Å². The normalized spacial score (nSPS) is 17.5. The minimum absolute atomic E-state index is 0.102. The summed E-state index contributed by atoms with van der Waals surface area (Å²) in [6.45, 7) is 5.17. The molecule has 0 bridgehead atoms. The first-order valence-corrected chi connectivity index (χ1v) is 9.36. The molecule has 24 heavy (non-hydrogen) atoms. The van der Waals surface area contributed by atoms with E-state index < -0.39 is 4.92 Å². The Morgan fingerprint density at radius 2 is 2.12 bits per heavy atom. The Morgan fingerprint density at radius 1 is 1.33 bits per heavy atom. The molecular formula is C16H25N5O2S. The van der Waals surface area contributed by atoms with Crippen molar-refractivity contribution in [2.45, 2.75) is 25.0 Å². The molecule has 1 heterocycles. The number of benzene rings is 1. The van der Waals surface area contributed by atoms with Gasteiger partial charge in [-0.3, -0.25) is 15.1 Å². The molecule has 2 rings (SSSR count). The zero-order chi connectivity index (χ0) is 17.2. The fourth-order valence-electron chi connectivity index (χ4n) is 2.41. The molecular weight excluding hydrogens is 326 g/mol. The minimum atomic E-state index is -0.396. The molecule has 1 aromatic rings. The molecule has 132 valence electrons. The first kappa shape index (κ1) is 18.4. The Kier molecular flexibility index (Phi) is 7.67. The van der Waals surface area contributed by atoms with Gasteiger partial charge in [0.15, 0.2) is 5.96 Å². The molecule has 3 N–H and O–H groups in total. The molecule has 1 unspecified atom stereocenters. The highest BCUT2D eigenvalue weighted by molar-refractivity contribution is 8.00. The first-order chi connectivity index (χ1) is 11.7. The first-order valence-electron chi connectivity index (χ1n) is 8.31. The van der Waals surface area contributed by atoms with Crippen LogP contribution in [0.4, 0.5) is 11.4 Å². The Bertz CT molecular complexity index is 544. The van der Waals surface area contributed by atoms with E-state index in [1.807, 2.05) is 11.8 Å². The van der Waals surface area contributed by atoms with Crippen LogP contribution in [0, 0.1) is 10.1 Å². The predicted octanol–water partition coefficient (Wildman–Crippen LogP) is 2.46. The molecule has 0 spiro atoms. The fourth-order valence-corrected chi connectivity index (χ4v) is 3.59. The number of hydrogen-bond acceptors (Lipinski definition) is 5. The molecule has 1 aliphatic heterocycles. The number of non-ortho nitro benzene ring substituents is 1. The maximum absolute atomic E-state index is 10.6. The summed E-state index contributed by atoms with van der Waals surface area (Å²) in [6, 6.07) is 6.44. The maximum atomic E-state index is 10.6. The van der Waals surface area contributed by atoms with E-state index in [4.69, 9.17) is 0 Å². The summed E-state index contributed by atoms with van der Waals surface area (Å²) in [4.78, 5) is 14.9. The van der Waals surface area contributed by atoms with E-state index in [1.54, 1.807) is 12.1 Å². The number of aliphatic imine (C=N–C) groups is 1. The largest absolute Gasteiger partial charge is 0.383 e. The van der Waals surface area contributed by atoms with Gasteiger partial charge in [0, 0.05) is 42.7 Å². The van der Waals surface area contributed by atoms with Gasteiger partial charge in [0.2, 0.25) is 0 Å². The lowest BCUT2D eigenvalue weighted by atomic mass is 10.2. The van der Waals surface area contributed by atoms with Gasteiger partial charge in [-0.05, 0) is 37.7 Å². The van der Waals surface area contributed by atoms with Gasteiger partial charge in [0.05, 0.1) is 11.5 Å². The fraction of sp³-hybridized carbons (Fsp3) is 0.562. The Balaban J connectivity index is 1.71. The molecule has 0 aliphatic carbocycles. The van der Waals surface area contributed by atoms with Gasteiger partial charge in [0.1, 0.15) is 0 Å². The van der Waals surface area contributed by atoms with Crippen LogP contribution >= 0.6 is 11.8 Å². The van der Waals surface area contributed by atoms with Crippen molar-refractivity contribution >= 4 is 29.1 Å². The lowest BCUT2D eigenvalue weighted by Gasteiger charge is -2.13. The predicted molar refractivity (Wildman–Crippen MR) is 101 cm³/mol. The molecule has 1 atom stereocenters. The summed E-state index contributed by atoms with van der Waals surface area (Å²) in [5.74, 6) is 2.10. The third kappa shape index (κ3) is 6.27. The quantitative estimate of drug-likeness (QED) is 0.219. The number of hydrogen-bond donors (Lipinski definition) is 3. The Morgan fingerprint density at radius 3 is 2.75 bits per heavy atom. The molecule has 0 radical (unpaired) electrons. The van der Waals surface area contributed by atoms with Crippen LogP contribution in [0.1, 0.15) is 19.8 Å². The average Bonchev–Trinajstić information content (AvgIpc) is 3.10. The van der Waals surface area contributed by atoms with Crippen LogP contribution in [0.15, 0.2) is 29.3 Å². The van der Waals surface area contributed by atoms with Crippen molar-refractivity contribution in [1.82, 2.24) is 10.6 Å². The van der Waals surface area contributed by atoms with Gasteiger partial charge in [-0.25, -0.2) is 0 Å². The highest BCUT2D eigenvalue weighted by Crippen LogP contribution is 2.25. The van der Waals surface area contributed by atoms with E-state index >= 15 is 0 Å². The maximum Gasteiger partial charge on any atom is 0.269 e. The Hall–Kier alpha value is -1.96. The summed E-state index contributed by atoms with van der Waals surface area (Å²) in [6.07, 6.45) is 2.56. The summed E-state index contributed by atoms with van der Waals surface area (Å²) in [5.41, 5.74) is 0.969. The van der Waals surface area contributed by atoms with Crippen molar-refractivity contribution in [2.75, 3.05) is 37.2 Å². The number of rotatable bonds is 8. The highest BCUT2D eigenvalue weighted by Gasteiger charge is 2.14. The number of nitrogens with zero attached hydrogens (tertiary/aromatic N) is 2. The van der Waals surface area contributed by atoms with Crippen LogP contribution in [0.25, 0.3) is 0 Å². The number of anilines is 1. The molecule has 0 aromatic heterocycles. The van der Waals surface area contributed by atoms with Gasteiger partial charge in [-0.15, -0.1) is 0 Å². The molecule has 1 aromatic carbocycles. The number of nitro groups is 1. The van der Waals surface area contributed by atoms with E-state index in [0.29, 0.717) is 11.8 Å². The second kappa shape index (κ2) is 10.0. The Labute approximate surface area is 146 Å². The SMILES string of the molecule is CCNC(=NCC1CCCS1)NCCNc1ccc([N+](=O)[O-])cc1. The molecule has 8 heteroatoms. The van der Waals surface area contributed by atoms with Gasteiger partial charge in [-0.2, -0.15) is 11.8 Å². The van der Waals surface area contributed by atoms with Gasteiger partial charge in [-0.1, -0.05) is 0 Å². The van der Waals surface area contributed by atoms with E-state index in [2.05, 4.69) is 27.9 Å². The van der Waals surface area contributed by atoms with Crippen LogP contribution in [-0.4, -0.2) is 48.1 Å². The molecule has 0 amide bonds. The number of guanidine groups is 1. The van der Waals surface area contributed by atoms with Gasteiger partial charge >= 0.3 is 0 Å². The van der Waals surface area contributed by atoms with E-state index in [1.165, 1.54) is 30.7 Å². The second-order valence-corrected chi connectivity index (χ2v) is 6.92. The van der Waals surface area contributed by atoms with Crippen LogP contribution in [-0.2, 0) is 0 Å². The van der Waals surface area contributed by atoms with Crippen molar-refractivity contribution in [2.24, 2.45) is 4.99 Å². The van der Waals surface area contributed by atoms with Gasteiger partial charge in [0.25, 0.3) is 5.69 Å². The average molecular weight is 351 g/mol. The summed E-state index contributed by atoms with van der Waals surface area (Å²) >= 11 is 2.01. The standard InChI is InChI=1S/C16H25N5O2S/c1-2-17-16(20-12-15-4-3-11-24-15)19-10-9-18-13-5-7-14(8-6-13)21(22)23/h5-8,15,18H,2-4,9-12H2,1H3,(H2,17,19,20). The van der Waals surface area contributed by atoms with Crippen LogP contribution in [0.5, 0.6) is 0 Å². The van der Waals surface area contributed by atoms with Crippen molar-refractivity contribution in [3.63, 3.8) is 0 Å². The zero-order valence-electron chi connectivity index (χ0n) is 14.0. The third-order valence-electron chi connectivity index (χ3n) is 3.65. The third-order valence-corrected chi connectivity index (χ3v) is 5.03. The van der Waals surface area contributed by atoms with E-state index in [-0.39, 0.29) is 5.69 Å². The number of thioether (sulfide) groups is 1. The molecule has 7 nitrogen and oxygen atoms in total. The zero-order valence-corrected chi connectivity index (χ0v) is 14.8. The summed E-state index contributed by atoms with van der Waals surface area (Å²) < 4.78 is 0. The molecule has 1 aliphatic rings. The molecule has 1 fully saturated rings. The van der Waals surface area contributed by atoms with Crippen molar-refractivity contribution in [3.05, 3.63) is 34.4 Å². The second-order valence-electron chi connectivity index (χ2n) is 5.51. The highest BCUT2D eigenvalue weighted by atomic mass is 32.2. The van der Waals surface area contributed by atoms with E-state index in [0.717, 1.165) is 31.3 Å². The van der Waals surface area contributed by atoms with Gasteiger partial charge < -0.3 is 16.0 Å². The summed E-state index contributed by atoms with van der Waals surface area (Å²) in [5, 5.41) is 21.1. The van der Waals surface area contributed by atoms with Crippen LogP contribution in [0.2, 0.25) is 0 Å². The molecule has 1 saturated heterocycles. The number of nitrogens with one attached hydrogen (secondary N) is 3. The monoisotopic (exact) mass is 351 g/mol. The smallest absolute Gasteiger partial charge is 0.269 e. The summed E-state index contributed by atoms with van der Waals surface area (Å²) in [7, 11) is 0. The lowest BCUT2D eigenvalue weighted by Crippen LogP contribution is -2.40. The number of nitro benzene ring substituents is 1. The topological polar surface area (TPSA) is 91.6 Å². The van der Waals surface area contributed by atoms with Crippen LogP contribution < -0.4 is 16.0 Å². The minimum Gasteiger partial charge on any atom is -0.383 e.